The van der Waals surface area contributed by atoms with Gasteiger partial charge in [-0.25, -0.2) is 0 Å². The molecule has 0 unspecified atom stereocenters. The van der Waals surface area contributed by atoms with Crippen molar-refractivity contribution in [3.63, 3.8) is 0 Å². The lowest BCUT2D eigenvalue weighted by Gasteiger charge is -2.38. The van der Waals surface area contributed by atoms with Crippen molar-refractivity contribution in [3.05, 3.63) is 29.6 Å². The Labute approximate surface area is 124 Å². The Bertz CT molecular complexity index is 548. The summed E-state index contributed by atoms with van der Waals surface area (Å²) in [5.74, 6) is 0.365. The quantitative estimate of drug-likeness (QED) is 0.342. The van der Waals surface area contributed by atoms with Gasteiger partial charge in [0.25, 0.3) is 5.91 Å². The van der Waals surface area contributed by atoms with Gasteiger partial charge in [-0.1, -0.05) is 18.1 Å². The smallest absolute Gasteiger partial charge is 0.270 e. The summed E-state index contributed by atoms with van der Waals surface area (Å²) in [7, 11) is 0. The van der Waals surface area contributed by atoms with E-state index in [9.17, 15) is 4.79 Å². The Morgan fingerprint density at radius 1 is 1.52 bits per heavy atom. The van der Waals surface area contributed by atoms with Gasteiger partial charge in [0.15, 0.2) is 5.84 Å². The molecule has 1 fully saturated rings. The number of pyridine rings is 1. The molecular formula is C15H22N4O2. The minimum absolute atomic E-state index is 0.0661. The molecule has 0 aliphatic heterocycles. The summed E-state index contributed by atoms with van der Waals surface area (Å²) < 4.78 is 0. The monoisotopic (exact) mass is 290 g/mol. The van der Waals surface area contributed by atoms with Gasteiger partial charge >= 0.3 is 0 Å². The third kappa shape index (κ3) is 3.15. The highest BCUT2D eigenvalue weighted by Crippen LogP contribution is 2.32. The molecule has 1 heterocycles. The third-order valence-electron chi connectivity index (χ3n) is 4.30. The molecule has 1 aromatic rings. The number of nitrogens with one attached hydrogen (secondary N) is 1. The van der Waals surface area contributed by atoms with Crippen LogP contribution in [0.4, 0.5) is 0 Å². The number of aromatic nitrogens is 1. The number of rotatable bonds is 3. The number of nitrogens with zero attached hydrogens (tertiary/aromatic N) is 2. The SMILES string of the molecule is Cc1cccnc1C(=O)NC1(C(N)=NO)CCC(C)CC1. The number of carbonyl (C=O) groups excluding carboxylic acids is 1. The van der Waals surface area contributed by atoms with E-state index in [2.05, 4.69) is 22.4 Å². The van der Waals surface area contributed by atoms with Crippen molar-refractivity contribution in [2.75, 3.05) is 0 Å². The molecule has 0 radical (unpaired) electrons. The number of oxime groups is 1. The summed E-state index contributed by atoms with van der Waals surface area (Å²) >= 11 is 0. The average molecular weight is 290 g/mol. The maximum absolute atomic E-state index is 12.5. The molecule has 1 aliphatic rings. The Morgan fingerprint density at radius 3 is 2.76 bits per heavy atom. The molecule has 1 aliphatic carbocycles. The van der Waals surface area contributed by atoms with Crippen molar-refractivity contribution in [2.45, 2.75) is 45.1 Å². The second kappa shape index (κ2) is 6.11. The normalized spacial score (nSPS) is 26.4. The molecule has 6 nitrogen and oxygen atoms in total. The molecule has 0 atom stereocenters. The van der Waals surface area contributed by atoms with Crippen LogP contribution in [0.15, 0.2) is 23.5 Å². The second-order valence-electron chi connectivity index (χ2n) is 5.87. The molecule has 114 valence electrons. The highest BCUT2D eigenvalue weighted by Gasteiger charge is 2.40. The number of amidine groups is 1. The van der Waals surface area contributed by atoms with Crippen LogP contribution >= 0.6 is 0 Å². The maximum Gasteiger partial charge on any atom is 0.270 e. The minimum Gasteiger partial charge on any atom is -0.409 e. The second-order valence-corrected chi connectivity index (χ2v) is 5.87. The molecular weight excluding hydrogens is 268 g/mol. The van der Waals surface area contributed by atoms with Crippen molar-refractivity contribution in [2.24, 2.45) is 16.8 Å². The predicted molar refractivity (Wildman–Crippen MR) is 80.2 cm³/mol. The largest absolute Gasteiger partial charge is 0.409 e. The van der Waals surface area contributed by atoms with E-state index < -0.39 is 5.54 Å². The Kier molecular flexibility index (Phi) is 4.45. The number of hydrogen-bond donors (Lipinski definition) is 3. The summed E-state index contributed by atoms with van der Waals surface area (Å²) in [5, 5.41) is 15.1. The van der Waals surface area contributed by atoms with Gasteiger partial charge in [0, 0.05) is 6.20 Å². The average Bonchev–Trinajstić information content (AvgIpc) is 2.49. The van der Waals surface area contributed by atoms with Crippen LogP contribution in [-0.2, 0) is 0 Å². The molecule has 0 saturated heterocycles. The molecule has 2 rings (SSSR count). The fourth-order valence-corrected chi connectivity index (χ4v) is 2.80. The molecule has 0 bridgehead atoms. The van der Waals surface area contributed by atoms with E-state index in [0.29, 0.717) is 24.5 Å². The van der Waals surface area contributed by atoms with Gasteiger partial charge < -0.3 is 16.3 Å². The zero-order chi connectivity index (χ0) is 15.5. The van der Waals surface area contributed by atoms with Crippen LogP contribution in [0.1, 0.15) is 48.7 Å². The van der Waals surface area contributed by atoms with Gasteiger partial charge in [0.05, 0.1) is 0 Å². The van der Waals surface area contributed by atoms with Gasteiger partial charge in [0.1, 0.15) is 11.2 Å². The highest BCUT2D eigenvalue weighted by molar-refractivity contribution is 6.00. The number of hydrogen-bond acceptors (Lipinski definition) is 4. The summed E-state index contributed by atoms with van der Waals surface area (Å²) in [6.45, 7) is 4.00. The lowest BCUT2D eigenvalue weighted by atomic mass is 9.76. The van der Waals surface area contributed by atoms with Crippen LogP contribution < -0.4 is 11.1 Å². The van der Waals surface area contributed by atoms with E-state index in [1.165, 1.54) is 0 Å². The number of carbonyl (C=O) groups is 1. The van der Waals surface area contributed by atoms with Gasteiger partial charge in [-0.2, -0.15) is 0 Å². The van der Waals surface area contributed by atoms with E-state index in [1.54, 1.807) is 12.3 Å². The van der Waals surface area contributed by atoms with Crippen LogP contribution in [0.5, 0.6) is 0 Å². The van der Waals surface area contributed by atoms with E-state index in [4.69, 9.17) is 10.9 Å². The van der Waals surface area contributed by atoms with Gasteiger partial charge in [-0.3, -0.25) is 9.78 Å². The van der Waals surface area contributed by atoms with Crippen molar-refractivity contribution in [1.82, 2.24) is 10.3 Å². The Morgan fingerprint density at radius 2 is 2.19 bits per heavy atom. The van der Waals surface area contributed by atoms with Crippen molar-refractivity contribution in [3.8, 4) is 0 Å². The topological polar surface area (TPSA) is 101 Å². The fraction of sp³-hybridized carbons (Fsp3) is 0.533. The molecule has 0 aromatic carbocycles. The fourth-order valence-electron chi connectivity index (χ4n) is 2.80. The van der Waals surface area contributed by atoms with E-state index in [1.807, 2.05) is 13.0 Å². The Balaban J connectivity index is 2.24. The first-order chi connectivity index (χ1) is 9.98. The van der Waals surface area contributed by atoms with Gasteiger partial charge in [0.2, 0.25) is 0 Å². The number of aryl methyl sites for hydroxylation is 1. The standard InChI is InChI=1S/C15H22N4O2/c1-10-5-7-15(8-6-10,14(16)19-21)18-13(20)12-11(2)4-3-9-17-12/h3-4,9-10,21H,5-8H2,1-2H3,(H2,16,19)(H,18,20). The lowest BCUT2D eigenvalue weighted by molar-refractivity contribution is 0.0891. The molecule has 1 aromatic heterocycles. The molecule has 4 N–H and O–H groups in total. The maximum atomic E-state index is 12.5. The number of amides is 1. The van der Waals surface area contributed by atoms with Crippen molar-refractivity contribution in [1.29, 1.82) is 0 Å². The molecule has 1 saturated carbocycles. The first kappa shape index (κ1) is 15.3. The van der Waals surface area contributed by atoms with Gasteiger partial charge in [-0.05, 0) is 50.2 Å². The highest BCUT2D eigenvalue weighted by atomic mass is 16.4. The molecule has 21 heavy (non-hydrogen) atoms. The van der Waals surface area contributed by atoms with Crippen LogP contribution in [0.25, 0.3) is 0 Å². The number of nitrogens with two attached hydrogens (primary N) is 1. The van der Waals surface area contributed by atoms with Crippen LogP contribution in [0, 0.1) is 12.8 Å². The van der Waals surface area contributed by atoms with Crippen molar-refractivity contribution < 1.29 is 10.0 Å². The molecule has 1 amide bonds. The summed E-state index contributed by atoms with van der Waals surface area (Å²) in [6, 6.07) is 3.62. The zero-order valence-corrected chi connectivity index (χ0v) is 12.5. The van der Waals surface area contributed by atoms with Crippen molar-refractivity contribution >= 4 is 11.7 Å². The minimum atomic E-state index is -0.775. The predicted octanol–water partition coefficient (Wildman–Crippen LogP) is 1.82. The first-order valence-corrected chi connectivity index (χ1v) is 7.20. The first-order valence-electron chi connectivity index (χ1n) is 7.20. The summed E-state index contributed by atoms with van der Waals surface area (Å²) in [4.78, 5) is 16.6. The van der Waals surface area contributed by atoms with Gasteiger partial charge in [-0.15, -0.1) is 0 Å². The van der Waals surface area contributed by atoms with Crippen LogP contribution in [0.3, 0.4) is 0 Å². The molecule has 6 heteroatoms. The zero-order valence-electron chi connectivity index (χ0n) is 12.5. The van der Waals surface area contributed by atoms with E-state index in [-0.39, 0.29) is 11.7 Å². The summed E-state index contributed by atoms with van der Waals surface area (Å²) in [5.41, 5.74) is 6.26. The third-order valence-corrected chi connectivity index (χ3v) is 4.30. The Hall–Kier alpha value is -2.11. The van der Waals surface area contributed by atoms with E-state index in [0.717, 1.165) is 18.4 Å². The van der Waals surface area contributed by atoms with Crippen LogP contribution in [-0.4, -0.2) is 27.5 Å². The molecule has 0 spiro atoms. The van der Waals surface area contributed by atoms with Crippen LogP contribution in [0.2, 0.25) is 0 Å². The van der Waals surface area contributed by atoms with E-state index >= 15 is 0 Å². The lowest BCUT2D eigenvalue weighted by Crippen LogP contribution is -2.59. The summed E-state index contributed by atoms with van der Waals surface area (Å²) in [6.07, 6.45) is 4.78.